The van der Waals surface area contributed by atoms with Crippen molar-refractivity contribution < 1.29 is 13.2 Å². The van der Waals surface area contributed by atoms with Crippen LogP contribution in [0.4, 0.5) is 24.7 Å². The van der Waals surface area contributed by atoms with Gasteiger partial charge in [0.2, 0.25) is 0 Å². The number of nitrogens with one attached hydrogen (secondary N) is 1. The normalized spacial score (nSPS) is 11.1. The van der Waals surface area contributed by atoms with Gasteiger partial charge in [0.1, 0.15) is 11.6 Å². The molecule has 1 heterocycles. The van der Waals surface area contributed by atoms with Gasteiger partial charge in [0, 0.05) is 22.0 Å². The number of benzene rings is 3. The molecule has 34 heavy (non-hydrogen) atoms. The molecule has 0 aliphatic carbocycles. The van der Waals surface area contributed by atoms with Crippen LogP contribution in [0.2, 0.25) is 5.02 Å². The van der Waals surface area contributed by atoms with E-state index in [-0.39, 0.29) is 11.4 Å². The van der Waals surface area contributed by atoms with E-state index in [2.05, 4.69) is 21.4 Å². The second-order valence-electron chi connectivity index (χ2n) is 7.17. The lowest BCUT2D eigenvalue weighted by atomic mass is 10.1. The van der Waals surface area contributed by atoms with Crippen LogP contribution in [0.15, 0.2) is 84.0 Å². The number of alkyl halides is 3. The van der Waals surface area contributed by atoms with Gasteiger partial charge in [-0.2, -0.15) is 18.4 Å². The average molecular weight is 497 g/mol. The van der Waals surface area contributed by atoms with E-state index in [4.69, 9.17) is 11.6 Å². The fraction of sp³-hybridized carbons (Fsp3) is 0.0800. The Morgan fingerprint density at radius 3 is 2.21 bits per heavy atom. The van der Waals surface area contributed by atoms with E-state index >= 15 is 0 Å². The monoisotopic (exact) mass is 496 g/mol. The number of hydrogen-bond donors (Lipinski definition) is 1. The first-order chi connectivity index (χ1) is 16.3. The first-order valence-electron chi connectivity index (χ1n) is 10.0. The Morgan fingerprint density at radius 1 is 0.912 bits per heavy atom. The van der Waals surface area contributed by atoms with Crippen LogP contribution in [0, 0.1) is 11.3 Å². The molecule has 0 saturated carbocycles. The highest BCUT2D eigenvalue weighted by atomic mass is 35.5. The van der Waals surface area contributed by atoms with E-state index in [9.17, 15) is 18.4 Å². The van der Waals surface area contributed by atoms with Gasteiger partial charge >= 0.3 is 6.18 Å². The molecule has 4 nitrogen and oxygen atoms in total. The molecule has 0 saturated heterocycles. The van der Waals surface area contributed by atoms with Gasteiger partial charge in [-0.3, -0.25) is 0 Å². The van der Waals surface area contributed by atoms with Crippen molar-refractivity contribution in [3.05, 3.63) is 101 Å². The van der Waals surface area contributed by atoms with Gasteiger partial charge in [0.05, 0.1) is 11.3 Å². The van der Waals surface area contributed by atoms with E-state index in [0.29, 0.717) is 27.3 Å². The second kappa shape index (κ2) is 10.2. The molecule has 1 N–H and O–H groups in total. The zero-order chi connectivity index (χ0) is 24.1. The summed E-state index contributed by atoms with van der Waals surface area (Å²) in [7, 11) is 0. The van der Waals surface area contributed by atoms with Gasteiger partial charge in [-0.15, -0.1) is 0 Å². The van der Waals surface area contributed by atoms with Crippen LogP contribution in [-0.4, -0.2) is 9.97 Å². The molecule has 0 radical (unpaired) electrons. The minimum atomic E-state index is -4.43. The molecule has 170 valence electrons. The third kappa shape index (κ3) is 5.68. The molecule has 0 atom stereocenters. The van der Waals surface area contributed by atoms with E-state index in [0.717, 1.165) is 23.3 Å². The molecular formula is C25H16ClF3N4S. The van der Waals surface area contributed by atoms with Crippen molar-refractivity contribution in [2.24, 2.45) is 0 Å². The van der Waals surface area contributed by atoms with Crippen molar-refractivity contribution in [1.29, 1.82) is 5.26 Å². The van der Waals surface area contributed by atoms with Crippen LogP contribution < -0.4 is 5.32 Å². The van der Waals surface area contributed by atoms with Crippen molar-refractivity contribution in [1.82, 2.24) is 9.97 Å². The molecule has 9 heteroatoms. The first-order valence-corrected chi connectivity index (χ1v) is 11.4. The van der Waals surface area contributed by atoms with E-state index in [1.54, 1.807) is 12.1 Å². The highest BCUT2D eigenvalue weighted by Gasteiger charge is 2.30. The maximum Gasteiger partial charge on any atom is 0.416 e. The Labute approximate surface area is 203 Å². The Morgan fingerprint density at radius 2 is 1.59 bits per heavy atom. The summed E-state index contributed by atoms with van der Waals surface area (Å²) in [6.07, 6.45) is -4.43. The highest BCUT2D eigenvalue weighted by Crippen LogP contribution is 2.33. The van der Waals surface area contributed by atoms with E-state index in [1.807, 2.05) is 42.5 Å². The Kier molecular flexibility index (Phi) is 7.06. The number of hydrogen-bond acceptors (Lipinski definition) is 5. The summed E-state index contributed by atoms with van der Waals surface area (Å²) in [5.74, 6) is 0.784. The quantitative estimate of drug-likeness (QED) is 0.218. The van der Waals surface area contributed by atoms with Gasteiger partial charge in [-0.05, 0) is 42.0 Å². The van der Waals surface area contributed by atoms with Crippen LogP contribution in [0.5, 0.6) is 0 Å². The summed E-state index contributed by atoms with van der Waals surface area (Å²) < 4.78 is 38.7. The molecule has 0 bridgehead atoms. The minimum Gasteiger partial charge on any atom is -0.339 e. The number of nitrogens with zero attached hydrogens (tertiary/aromatic N) is 3. The smallest absolute Gasteiger partial charge is 0.339 e. The number of nitriles is 1. The molecule has 0 amide bonds. The zero-order valence-electron chi connectivity index (χ0n) is 17.5. The maximum atomic E-state index is 12.9. The van der Waals surface area contributed by atoms with Crippen molar-refractivity contribution in [2.45, 2.75) is 17.1 Å². The molecule has 0 spiro atoms. The van der Waals surface area contributed by atoms with Gasteiger partial charge in [0.15, 0.2) is 11.0 Å². The number of halogens is 4. The summed E-state index contributed by atoms with van der Waals surface area (Å²) in [5, 5.41) is 13.9. The Hall–Kier alpha value is -3.54. The molecule has 0 aliphatic heterocycles. The number of rotatable bonds is 6. The lowest BCUT2D eigenvalue weighted by Crippen LogP contribution is -2.06. The Bertz CT molecular complexity index is 1320. The molecule has 0 unspecified atom stereocenters. The SMILES string of the molecule is N#Cc1c(Nc2ccc(C(F)(F)F)cc2)nc(SCc2ccc(Cl)cc2)nc1-c1ccccc1. The fourth-order valence-electron chi connectivity index (χ4n) is 3.11. The molecule has 3 aromatic carbocycles. The molecule has 0 fully saturated rings. The summed E-state index contributed by atoms with van der Waals surface area (Å²) in [6, 6.07) is 23.3. The third-order valence-electron chi connectivity index (χ3n) is 4.80. The summed E-state index contributed by atoms with van der Waals surface area (Å²) >= 11 is 7.33. The van der Waals surface area contributed by atoms with Crippen molar-refractivity contribution >= 4 is 34.9 Å². The molecular weight excluding hydrogens is 481 g/mol. The van der Waals surface area contributed by atoms with E-state index in [1.165, 1.54) is 23.9 Å². The highest BCUT2D eigenvalue weighted by molar-refractivity contribution is 7.98. The zero-order valence-corrected chi connectivity index (χ0v) is 19.0. The van der Waals surface area contributed by atoms with Crippen molar-refractivity contribution in [3.63, 3.8) is 0 Å². The number of anilines is 2. The van der Waals surface area contributed by atoms with Gasteiger partial charge in [-0.25, -0.2) is 9.97 Å². The molecule has 1 aromatic heterocycles. The average Bonchev–Trinajstić information content (AvgIpc) is 2.84. The van der Waals surface area contributed by atoms with Crippen LogP contribution in [0.1, 0.15) is 16.7 Å². The number of aromatic nitrogens is 2. The molecule has 4 rings (SSSR count). The first kappa shape index (κ1) is 23.6. The summed E-state index contributed by atoms with van der Waals surface area (Å²) in [5.41, 5.74) is 1.99. The van der Waals surface area contributed by atoms with Crippen LogP contribution >= 0.6 is 23.4 Å². The predicted molar refractivity (Wildman–Crippen MR) is 128 cm³/mol. The van der Waals surface area contributed by atoms with Crippen molar-refractivity contribution in [2.75, 3.05) is 5.32 Å². The molecule has 0 aliphatic rings. The van der Waals surface area contributed by atoms with Gasteiger partial charge < -0.3 is 5.32 Å². The fourth-order valence-corrected chi connectivity index (χ4v) is 4.04. The Balaban J connectivity index is 1.70. The maximum absolute atomic E-state index is 12.9. The van der Waals surface area contributed by atoms with Crippen molar-refractivity contribution in [3.8, 4) is 17.3 Å². The predicted octanol–water partition coefficient (Wildman–Crippen LogP) is 7.72. The van der Waals surface area contributed by atoms with Crippen LogP contribution in [-0.2, 0) is 11.9 Å². The van der Waals surface area contributed by atoms with Crippen LogP contribution in [0.25, 0.3) is 11.3 Å². The molecule has 4 aromatic rings. The summed E-state index contributed by atoms with van der Waals surface area (Å²) in [4.78, 5) is 9.11. The minimum absolute atomic E-state index is 0.196. The summed E-state index contributed by atoms with van der Waals surface area (Å²) in [6.45, 7) is 0. The third-order valence-corrected chi connectivity index (χ3v) is 5.97. The lowest BCUT2D eigenvalue weighted by Gasteiger charge is -2.14. The largest absolute Gasteiger partial charge is 0.416 e. The van der Waals surface area contributed by atoms with Gasteiger partial charge in [0.25, 0.3) is 0 Å². The standard InChI is InChI=1S/C25H16ClF3N4S/c26-19-10-6-16(7-11-19)15-34-24-32-22(17-4-2-1-3-5-17)21(14-30)23(33-24)31-20-12-8-18(9-13-20)25(27,28)29/h1-13H,15H2,(H,31,32,33). The second-order valence-corrected chi connectivity index (χ2v) is 8.55. The van der Waals surface area contributed by atoms with Gasteiger partial charge in [-0.1, -0.05) is 65.8 Å². The topological polar surface area (TPSA) is 61.6 Å². The van der Waals surface area contributed by atoms with E-state index < -0.39 is 11.7 Å². The number of thioether (sulfide) groups is 1. The lowest BCUT2D eigenvalue weighted by molar-refractivity contribution is -0.137. The van der Waals surface area contributed by atoms with Crippen LogP contribution in [0.3, 0.4) is 0 Å².